The van der Waals surface area contributed by atoms with Crippen LogP contribution in [0.3, 0.4) is 0 Å². The highest BCUT2D eigenvalue weighted by Gasteiger charge is 2.15. The van der Waals surface area contributed by atoms with Gasteiger partial charge in [-0.3, -0.25) is 0 Å². The monoisotopic (exact) mass is 418 g/mol. The van der Waals surface area contributed by atoms with Gasteiger partial charge in [-0.05, 0) is 42.3 Å². The molecule has 7 nitrogen and oxygen atoms in total. The van der Waals surface area contributed by atoms with Crippen molar-refractivity contribution in [1.82, 2.24) is 20.3 Å². The zero-order chi connectivity index (χ0) is 20.3. The van der Waals surface area contributed by atoms with Crippen LogP contribution in [0, 0.1) is 0 Å². The van der Waals surface area contributed by atoms with E-state index in [2.05, 4.69) is 39.4 Å². The van der Waals surface area contributed by atoms with Gasteiger partial charge in [0.2, 0.25) is 18.5 Å². The molecule has 0 aliphatic carbocycles. The van der Waals surface area contributed by atoms with Gasteiger partial charge in [-0.25, -0.2) is 0 Å². The fourth-order valence-corrected chi connectivity index (χ4v) is 3.71. The molecule has 5 rings (SSSR count). The van der Waals surface area contributed by atoms with Gasteiger partial charge >= 0.3 is 0 Å². The van der Waals surface area contributed by atoms with Gasteiger partial charge in [0, 0.05) is 11.1 Å². The summed E-state index contributed by atoms with van der Waals surface area (Å²) in [5, 5.41) is 13.5. The zero-order valence-corrected chi connectivity index (χ0v) is 17.1. The number of fused-ring (bicyclic) bond motifs is 1. The smallest absolute Gasteiger partial charge is 0.237 e. The maximum Gasteiger partial charge on any atom is 0.237 e. The third-order valence-corrected chi connectivity index (χ3v) is 5.65. The molecule has 0 radical (unpaired) electrons. The fraction of sp³-hybridized carbons (Fsp3) is 0.182. The predicted octanol–water partition coefficient (Wildman–Crippen LogP) is 4.78. The molecule has 150 valence electrons. The molecule has 2 aromatic heterocycles. The van der Waals surface area contributed by atoms with Gasteiger partial charge in [0.05, 0.1) is 11.4 Å². The third kappa shape index (κ3) is 3.86. The Balaban J connectivity index is 1.23. The Labute approximate surface area is 177 Å². The van der Waals surface area contributed by atoms with Crippen LogP contribution in [0.5, 0.6) is 11.5 Å². The number of thioether (sulfide) groups is 1. The van der Waals surface area contributed by atoms with Crippen LogP contribution in [0.15, 0.2) is 64.1 Å². The summed E-state index contributed by atoms with van der Waals surface area (Å²) in [6.07, 6.45) is 1.00. The Morgan fingerprint density at radius 2 is 1.73 bits per heavy atom. The van der Waals surface area contributed by atoms with E-state index < -0.39 is 0 Å². The molecule has 0 unspecified atom stereocenters. The lowest BCUT2D eigenvalue weighted by molar-refractivity contribution is 0.174. The Morgan fingerprint density at radius 1 is 0.900 bits per heavy atom. The van der Waals surface area contributed by atoms with Crippen molar-refractivity contribution in [2.24, 2.45) is 0 Å². The second-order valence-electron chi connectivity index (χ2n) is 6.68. The molecular weight excluding hydrogens is 400 g/mol. The summed E-state index contributed by atoms with van der Waals surface area (Å²) < 4.78 is 16.1. The minimum absolute atomic E-state index is 0.251. The second-order valence-corrected chi connectivity index (χ2v) is 7.67. The fourth-order valence-electron chi connectivity index (χ4n) is 3.06. The largest absolute Gasteiger partial charge is 0.454 e. The van der Waals surface area contributed by atoms with Gasteiger partial charge in [-0.2, -0.15) is 4.98 Å². The van der Waals surface area contributed by atoms with E-state index in [0.717, 1.165) is 39.8 Å². The Kier molecular flexibility index (Phi) is 5.06. The summed E-state index contributed by atoms with van der Waals surface area (Å²) in [4.78, 5) is 4.48. The van der Waals surface area contributed by atoms with E-state index in [1.807, 2.05) is 42.5 Å². The van der Waals surface area contributed by atoms with E-state index in [1.54, 1.807) is 0 Å². The number of nitrogens with zero attached hydrogens (tertiary/aromatic N) is 4. The Hall–Kier alpha value is -3.39. The SMILES string of the molecule is CCc1ccc(-c2noc(CSc3ccc(-c4ccc5c(c4)OCO5)nn3)n2)cc1. The van der Waals surface area contributed by atoms with Crippen LogP contribution in [-0.2, 0) is 12.2 Å². The number of benzene rings is 2. The van der Waals surface area contributed by atoms with Gasteiger partial charge < -0.3 is 14.0 Å². The van der Waals surface area contributed by atoms with Crippen LogP contribution in [-0.4, -0.2) is 27.1 Å². The molecule has 1 aliphatic heterocycles. The van der Waals surface area contributed by atoms with Crippen molar-refractivity contribution in [2.45, 2.75) is 24.1 Å². The molecular formula is C22H18N4O3S. The molecule has 0 atom stereocenters. The minimum Gasteiger partial charge on any atom is -0.454 e. The molecule has 1 aliphatic rings. The highest BCUT2D eigenvalue weighted by atomic mass is 32.2. The van der Waals surface area contributed by atoms with Crippen molar-refractivity contribution < 1.29 is 14.0 Å². The van der Waals surface area contributed by atoms with E-state index in [9.17, 15) is 0 Å². The number of aromatic nitrogens is 4. The first-order valence-electron chi connectivity index (χ1n) is 9.57. The molecule has 0 N–H and O–H groups in total. The first kappa shape index (κ1) is 18.6. The van der Waals surface area contributed by atoms with Crippen LogP contribution in [0.2, 0.25) is 0 Å². The molecule has 0 amide bonds. The van der Waals surface area contributed by atoms with Gasteiger partial charge in [-0.1, -0.05) is 48.1 Å². The average molecular weight is 418 g/mol. The summed E-state index contributed by atoms with van der Waals surface area (Å²) in [5.41, 5.74) is 3.92. The zero-order valence-electron chi connectivity index (χ0n) is 16.2. The van der Waals surface area contributed by atoms with Crippen LogP contribution in [0.1, 0.15) is 18.4 Å². The molecule has 4 aromatic rings. The predicted molar refractivity (Wildman–Crippen MR) is 112 cm³/mol. The maximum absolute atomic E-state index is 5.42. The van der Waals surface area contributed by atoms with Crippen molar-refractivity contribution in [1.29, 1.82) is 0 Å². The van der Waals surface area contributed by atoms with Crippen molar-refractivity contribution in [3.8, 4) is 34.1 Å². The first-order chi connectivity index (χ1) is 14.8. The van der Waals surface area contributed by atoms with Gasteiger partial charge in [-0.15, -0.1) is 10.2 Å². The van der Waals surface area contributed by atoms with E-state index in [-0.39, 0.29) is 6.79 Å². The highest BCUT2D eigenvalue weighted by molar-refractivity contribution is 7.98. The van der Waals surface area contributed by atoms with Gasteiger partial charge in [0.15, 0.2) is 11.5 Å². The highest BCUT2D eigenvalue weighted by Crippen LogP contribution is 2.35. The molecule has 0 bridgehead atoms. The standard InChI is InChI=1S/C22H18N4O3S/c1-2-14-3-5-15(6-4-14)22-23-20(29-26-22)12-30-21-10-8-17(24-25-21)16-7-9-18-19(11-16)28-13-27-18/h3-11H,2,12-13H2,1H3. The lowest BCUT2D eigenvalue weighted by atomic mass is 10.1. The van der Waals surface area contributed by atoms with E-state index in [1.165, 1.54) is 17.3 Å². The van der Waals surface area contributed by atoms with Crippen LogP contribution in [0.4, 0.5) is 0 Å². The Bertz CT molecular complexity index is 1160. The molecule has 30 heavy (non-hydrogen) atoms. The van der Waals surface area contributed by atoms with Crippen molar-refractivity contribution >= 4 is 11.8 Å². The number of ether oxygens (including phenoxy) is 2. The molecule has 0 saturated heterocycles. The van der Waals surface area contributed by atoms with Crippen molar-refractivity contribution in [2.75, 3.05) is 6.79 Å². The maximum atomic E-state index is 5.42. The van der Waals surface area contributed by atoms with Crippen molar-refractivity contribution in [3.05, 3.63) is 66.1 Å². The number of aryl methyl sites for hydroxylation is 1. The number of rotatable bonds is 6. The van der Waals surface area contributed by atoms with E-state index in [0.29, 0.717) is 17.5 Å². The lowest BCUT2D eigenvalue weighted by Gasteiger charge is -2.03. The van der Waals surface area contributed by atoms with Crippen LogP contribution >= 0.6 is 11.8 Å². The molecule has 0 fully saturated rings. The molecule has 2 aromatic carbocycles. The summed E-state index contributed by atoms with van der Waals surface area (Å²) in [5.74, 6) is 3.15. The normalized spacial score (nSPS) is 12.3. The Morgan fingerprint density at radius 3 is 2.53 bits per heavy atom. The minimum atomic E-state index is 0.251. The van der Waals surface area contributed by atoms with Crippen molar-refractivity contribution in [3.63, 3.8) is 0 Å². The lowest BCUT2D eigenvalue weighted by Crippen LogP contribution is -1.93. The summed E-state index contributed by atoms with van der Waals surface area (Å²) in [6, 6.07) is 17.8. The summed E-state index contributed by atoms with van der Waals surface area (Å²) in [6.45, 7) is 2.38. The van der Waals surface area contributed by atoms with Gasteiger partial charge in [0.25, 0.3) is 0 Å². The number of hydrogen-bond donors (Lipinski definition) is 0. The van der Waals surface area contributed by atoms with E-state index >= 15 is 0 Å². The van der Waals surface area contributed by atoms with E-state index in [4.69, 9.17) is 14.0 Å². The molecule has 3 heterocycles. The summed E-state index contributed by atoms with van der Waals surface area (Å²) >= 11 is 1.50. The third-order valence-electron chi connectivity index (χ3n) is 4.74. The van der Waals surface area contributed by atoms with Crippen LogP contribution in [0.25, 0.3) is 22.6 Å². The molecule has 0 saturated carbocycles. The average Bonchev–Trinajstić information content (AvgIpc) is 3.47. The second kappa shape index (κ2) is 8.16. The number of hydrogen-bond acceptors (Lipinski definition) is 8. The van der Waals surface area contributed by atoms with Gasteiger partial charge in [0.1, 0.15) is 5.03 Å². The summed E-state index contributed by atoms with van der Waals surface area (Å²) in [7, 11) is 0. The molecule has 8 heteroatoms. The molecule has 0 spiro atoms. The first-order valence-corrected chi connectivity index (χ1v) is 10.6. The quantitative estimate of drug-likeness (QED) is 0.414. The van der Waals surface area contributed by atoms with Crippen LogP contribution < -0.4 is 9.47 Å². The topological polar surface area (TPSA) is 83.2 Å².